The molecule has 0 amide bonds. The van der Waals surface area contributed by atoms with Crippen molar-refractivity contribution in [1.29, 1.82) is 0 Å². The fourth-order valence-electron chi connectivity index (χ4n) is 3.49. The van der Waals surface area contributed by atoms with Crippen molar-refractivity contribution in [3.63, 3.8) is 0 Å². The second-order valence-electron chi connectivity index (χ2n) is 7.16. The van der Waals surface area contributed by atoms with E-state index < -0.39 is 0 Å². The number of aromatic nitrogens is 5. The fourth-order valence-corrected chi connectivity index (χ4v) is 3.49. The predicted octanol–water partition coefficient (Wildman–Crippen LogP) is 2.89. The van der Waals surface area contributed by atoms with Gasteiger partial charge in [0, 0.05) is 25.0 Å². The van der Waals surface area contributed by atoms with Crippen molar-refractivity contribution in [2.24, 2.45) is 5.92 Å². The van der Waals surface area contributed by atoms with Crippen LogP contribution < -0.4 is 10.2 Å². The van der Waals surface area contributed by atoms with Crippen molar-refractivity contribution < 1.29 is 9.53 Å². The topological polar surface area (TPSA) is 98.1 Å². The number of esters is 1. The van der Waals surface area contributed by atoms with Crippen LogP contribution in [-0.4, -0.2) is 50.4 Å². The first-order valence-electron chi connectivity index (χ1n) is 10.1. The molecule has 9 nitrogen and oxygen atoms in total. The summed E-state index contributed by atoms with van der Waals surface area (Å²) in [5.41, 5.74) is 1.81. The number of hydrogen-bond donors (Lipinski definition) is 1. The molecule has 4 rings (SSSR count). The van der Waals surface area contributed by atoms with Crippen LogP contribution in [0.15, 0.2) is 42.9 Å². The van der Waals surface area contributed by atoms with E-state index in [-0.39, 0.29) is 11.9 Å². The minimum Gasteiger partial charge on any atom is -0.466 e. The molecule has 9 heteroatoms. The molecule has 1 saturated heterocycles. The van der Waals surface area contributed by atoms with Crippen molar-refractivity contribution in [2.45, 2.75) is 26.7 Å². The normalized spacial score (nSPS) is 14.5. The largest absolute Gasteiger partial charge is 0.466 e. The molecule has 30 heavy (non-hydrogen) atoms. The molecule has 1 N–H and O–H groups in total. The highest BCUT2D eigenvalue weighted by Crippen LogP contribution is 2.24. The summed E-state index contributed by atoms with van der Waals surface area (Å²) < 4.78 is 6.88. The highest BCUT2D eigenvalue weighted by molar-refractivity contribution is 5.72. The Morgan fingerprint density at radius 2 is 1.93 bits per heavy atom. The number of carbonyl (C=O) groups is 1. The van der Waals surface area contributed by atoms with Crippen LogP contribution in [0.5, 0.6) is 0 Å². The van der Waals surface area contributed by atoms with E-state index in [1.165, 1.54) is 0 Å². The van der Waals surface area contributed by atoms with Crippen molar-refractivity contribution in [1.82, 2.24) is 24.7 Å². The van der Waals surface area contributed by atoms with Crippen LogP contribution in [0.3, 0.4) is 0 Å². The summed E-state index contributed by atoms with van der Waals surface area (Å²) in [6.07, 6.45) is 4.98. The van der Waals surface area contributed by atoms with E-state index in [9.17, 15) is 4.79 Å². The van der Waals surface area contributed by atoms with Gasteiger partial charge in [-0.2, -0.15) is 10.1 Å². The van der Waals surface area contributed by atoms with Crippen molar-refractivity contribution in [3.8, 4) is 5.69 Å². The second-order valence-corrected chi connectivity index (χ2v) is 7.16. The summed E-state index contributed by atoms with van der Waals surface area (Å²) in [6, 6.07) is 9.72. The summed E-state index contributed by atoms with van der Waals surface area (Å²) in [6.45, 7) is 5.67. The fraction of sp³-hybridized carbons (Fsp3) is 0.381. The van der Waals surface area contributed by atoms with Gasteiger partial charge in [-0.05, 0) is 57.0 Å². The average molecular weight is 407 g/mol. The van der Waals surface area contributed by atoms with Crippen LogP contribution >= 0.6 is 0 Å². The van der Waals surface area contributed by atoms with Gasteiger partial charge in [0.15, 0.2) is 0 Å². The van der Waals surface area contributed by atoms with Gasteiger partial charge in [-0.3, -0.25) is 4.79 Å². The van der Waals surface area contributed by atoms with Gasteiger partial charge >= 0.3 is 5.97 Å². The Morgan fingerprint density at radius 3 is 2.60 bits per heavy atom. The molecular weight excluding hydrogens is 382 g/mol. The highest BCUT2D eigenvalue weighted by Gasteiger charge is 2.26. The Balaban J connectivity index is 1.39. The Bertz CT molecular complexity index is 995. The third-order valence-corrected chi connectivity index (χ3v) is 5.07. The number of nitrogens with one attached hydrogen (secondary N) is 1. The van der Waals surface area contributed by atoms with Crippen LogP contribution in [0.4, 0.5) is 17.5 Å². The van der Waals surface area contributed by atoms with E-state index in [0.29, 0.717) is 12.6 Å². The molecule has 0 unspecified atom stereocenters. The molecule has 2 aromatic heterocycles. The van der Waals surface area contributed by atoms with E-state index in [2.05, 4.69) is 30.3 Å². The molecule has 0 saturated carbocycles. The lowest BCUT2D eigenvalue weighted by Crippen LogP contribution is -2.37. The number of carbonyl (C=O) groups excluding carboxylic acids is 1. The highest BCUT2D eigenvalue weighted by atomic mass is 16.5. The molecule has 0 radical (unpaired) electrons. The zero-order valence-electron chi connectivity index (χ0n) is 17.2. The smallest absolute Gasteiger partial charge is 0.309 e. The van der Waals surface area contributed by atoms with E-state index in [0.717, 1.165) is 48.9 Å². The zero-order chi connectivity index (χ0) is 20.9. The van der Waals surface area contributed by atoms with E-state index in [4.69, 9.17) is 4.74 Å². The first kappa shape index (κ1) is 19.8. The number of ether oxygens (including phenoxy) is 1. The summed E-state index contributed by atoms with van der Waals surface area (Å²) in [7, 11) is 0. The Labute approximate surface area is 175 Å². The van der Waals surface area contributed by atoms with Gasteiger partial charge in [-0.1, -0.05) is 0 Å². The number of anilines is 3. The van der Waals surface area contributed by atoms with Crippen LogP contribution in [0.2, 0.25) is 0 Å². The SMILES string of the molecule is CCOC(=O)C1CCN(c2ccnc(Nc3ccc(-n4cnc(C)n4)cc3)n2)CC1. The predicted molar refractivity (Wildman–Crippen MR) is 113 cm³/mol. The molecule has 1 fully saturated rings. The number of benzene rings is 1. The van der Waals surface area contributed by atoms with Crippen LogP contribution in [0.25, 0.3) is 5.69 Å². The molecule has 0 spiro atoms. The maximum Gasteiger partial charge on any atom is 0.309 e. The van der Waals surface area contributed by atoms with E-state index in [1.54, 1.807) is 17.2 Å². The molecular formula is C21H25N7O2. The number of nitrogens with zero attached hydrogens (tertiary/aromatic N) is 6. The molecule has 3 aromatic rings. The van der Waals surface area contributed by atoms with Gasteiger partial charge < -0.3 is 15.0 Å². The quantitative estimate of drug-likeness (QED) is 0.623. The lowest BCUT2D eigenvalue weighted by atomic mass is 9.97. The van der Waals surface area contributed by atoms with Crippen LogP contribution in [0, 0.1) is 12.8 Å². The lowest BCUT2D eigenvalue weighted by molar-refractivity contribution is -0.148. The molecule has 156 valence electrons. The van der Waals surface area contributed by atoms with Crippen molar-refractivity contribution in [2.75, 3.05) is 29.9 Å². The van der Waals surface area contributed by atoms with Gasteiger partial charge in [0.25, 0.3) is 0 Å². The molecule has 1 aromatic carbocycles. The zero-order valence-corrected chi connectivity index (χ0v) is 17.2. The standard InChI is InChI=1S/C21H25N7O2/c1-3-30-20(29)16-9-12-27(13-10-16)19-8-11-22-21(25-19)24-17-4-6-18(7-5-17)28-14-23-15(2)26-28/h4-8,11,14,16H,3,9-10,12-13H2,1-2H3,(H,22,24,25). The van der Waals surface area contributed by atoms with Crippen LogP contribution in [0.1, 0.15) is 25.6 Å². The van der Waals surface area contributed by atoms with Gasteiger partial charge in [-0.15, -0.1) is 0 Å². The number of piperidine rings is 1. The average Bonchev–Trinajstić information content (AvgIpc) is 3.21. The summed E-state index contributed by atoms with van der Waals surface area (Å²) >= 11 is 0. The van der Waals surface area contributed by atoms with Gasteiger partial charge in [0.1, 0.15) is 18.0 Å². The van der Waals surface area contributed by atoms with Gasteiger partial charge in [-0.25, -0.2) is 14.6 Å². The first-order valence-corrected chi connectivity index (χ1v) is 10.1. The van der Waals surface area contributed by atoms with Crippen molar-refractivity contribution >= 4 is 23.4 Å². The van der Waals surface area contributed by atoms with Gasteiger partial charge in [0.2, 0.25) is 5.95 Å². The maximum atomic E-state index is 11.9. The molecule has 1 aliphatic heterocycles. The Kier molecular flexibility index (Phi) is 5.87. The van der Waals surface area contributed by atoms with Crippen molar-refractivity contribution in [3.05, 3.63) is 48.7 Å². The summed E-state index contributed by atoms with van der Waals surface area (Å²) in [5.74, 6) is 2.00. The van der Waals surface area contributed by atoms with E-state index in [1.807, 2.05) is 44.2 Å². The maximum absolute atomic E-state index is 11.9. The molecule has 1 aliphatic rings. The first-order chi connectivity index (χ1) is 14.6. The van der Waals surface area contributed by atoms with E-state index >= 15 is 0 Å². The number of hydrogen-bond acceptors (Lipinski definition) is 8. The number of rotatable bonds is 6. The van der Waals surface area contributed by atoms with Gasteiger partial charge in [0.05, 0.1) is 18.2 Å². The summed E-state index contributed by atoms with van der Waals surface area (Å²) in [5, 5.41) is 7.55. The third-order valence-electron chi connectivity index (χ3n) is 5.07. The number of aryl methyl sites for hydroxylation is 1. The lowest BCUT2D eigenvalue weighted by Gasteiger charge is -2.31. The Morgan fingerprint density at radius 1 is 1.17 bits per heavy atom. The van der Waals surface area contributed by atoms with Crippen LogP contribution in [-0.2, 0) is 9.53 Å². The Hall–Kier alpha value is -3.49. The molecule has 0 atom stereocenters. The summed E-state index contributed by atoms with van der Waals surface area (Å²) in [4.78, 5) is 27.2. The second kappa shape index (κ2) is 8.89. The monoisotopic (exact) mass is 407 g/mol. The molecule has 0 bridgehead atoms. The third kappa shape index (κ3) is 4.56. The minimum absolute atomic E-state index is 0.0204. The molecule has 3 heterocycles. The minimum atomic E-state index is -0.0910. The molecule has 0 aliphatic carbocycles.